The molecule has 1 heterocycles. The summed E-state index contributed by atoms with van der Waals surface area (Å²) in [4.78, 5) is 15.6. The van der Waals surface area contributed by atoms with Crippen molar-refractivity contribution in [1.29, 1.82) is 0 Å². The van der Waals surface area contributed by atoms with E-state index in [-0.39, 0.29) is 11.8 Å². The zero-order chi connectivity index (χ0) is 11.4. The van der Waals surface area contributed by atoms with Gasteiger partial charge in [-0.2, -0.15) is 0 Å². The number of hydrogen-bond acceptors (Lipinski definition) is 3. The highest BCUT2D eigenvalue weighted by molar-refractivity contribution is 14.1. The van der Waals surface area contributed by atoms with Crippen LogP contribution in [-0.4, -0.2) is 16.9 Å². The van der Waals surface area contributed by atoms with Crippen LogP contribution in [0, 0.1) is 9.49 Å². The number of nitrogens with two attached hydrogens (primary N) is 1. The molecule has 0 saturated heterocycles. The van der Waals surface area contributed by atoms with Crippen LogP contribution in [0.4, 0.5) is 5.82 Å². The van der Waals surface area contributed by atoms with Gasteiger partial charge in [-0.05, 0) is 40.6 Å². The molecule has 0 radical (unpaired) electrons. The van der Waals surface area contributed by atoms with E-state index in [4.69, 9.17) is 5.73 Å². The van der Waals surface area contributed by atoms with Gasteiger partial charge >= 0.3 is 0 Å². The molecule has 0 aliphatic carbocycles. The van der Waals surface area contributed by atoms with Crippen LogP contribution >= 0.6 is 22.6 Å². The summed E-state index contributed by atoms with van der Waals surface area (Å²) in [5.74, 6) is 0.462. The largest absolute Gasteiger partial charge is 0.320 e. The van der Waals surface area contributed by atoms with Crippen LogP contribution < -0.4 is 11.1 Å². The van der Waals surface area contributed by atoms with E-state index in [0.717, 1.165) is 3.57 Å². The van der Waals surface area contributed by atoms with Gasteiger partial charge in [-0.15, -0.1) is 0 Å². The Bertz CT molecular complexity index is 337. The average molecular weight is 319 g/mol. The molecule has 0 spiro atoms. The predicted octanol–water partition coefficient (Wildman–Crippen LogP) is 1.61. The number of pyridine rings is 1. The number of nitrogens with one attached hydrogen (secondary N) is 1. The van der Waals surface area contributed by atoms with Crippen molar-refractivity contribution in [3.8, 4) is 0 Å². The summed E-state index contributed by atoms with van der Waals surface area (Å²) >= 11 is 2.15. The molecule has 0 fully saturated rings. The number of amides is 1. The minimum absolute atomic E-state index is 0.119. The lowest BCUT2D eigenvalue weighted by Crippen LogP contribution is -2.39. The fraction of sp³-hybridized carbons (Fsp3) is 0.400. The fourth-order valence-corrected chi connectivity index (χ4v) is 1.28. The molecule has 5 heteroatoms. The monoisotopic (exact) mass is 319 g/mol. The Kier molecular flexibility index (Phi) is 4.46. The zero-order valence-corrected chi connectivity index (χ0v) is 10.9. The smallest absolute Gasteiger partial charge is 0.242 e. The summed E-state index contributed by atoms with van der Waals surface area (Å²) in [6.07, 6.45) is 1.69. The molecule has 82 valence electrons. The number of anilines is 1. The van der Waals surface area contributed by atoms with Crippen molar-refractivity contribution in [2.24, 2.45) is 11.7 Å². The van der Waals surface area contributed by atoms with Crippen molar-refractivity contribution in [3.63, 3.8) is 0 Å². The van der Waals surface area contributed by atoms with Gasteiger partial charge in [0.25, 0.3) is 0 Å². The Labute approximate surface area is 103 Å². The van der Waals surface area contributed by atoms with Crippen LogP contribution in [0.2, 0.25) is 0 Å². The molecule has 0 aliphatic rings. The van der Waals surface area contributed by atoms with Crippen molar-refractivity contribution in [2.75, 3.05) is 5.32 Å². The molecule has 0 saturated carbocycles. The molecular weight excluding hydrogens is 305 g/mol. The number of rotatable bonds is 3. The zero-order valence-electron chi connectivity index (χ0n) is 8.70. The molecule has 0 aromatic carbocycles. The number of aromatic nitrogens is 1. The summed E-state index contributed by atoms with van der Waals surface area (Å²) in [5, 5.41) is 2.67. The standard InChI is InChI=1S/C10H14IN3O/c1-6(2)9(12)10(15)14-8-4-3-7(11)5-13-8/h3-6,9H,12H2,1-2H3,(H,13,14,15). The number of nitrogens with zero attached hydrogens (tertiary/aromatic N) is 1. The first-order valence-electron chi connectivity index (χ1n) is 4.68. The van der Waals surface area contributed by atoms with Gasteiger partial charge in [0.15, 0.2) is 0 Å². The van der Waals surface area contributed by atoms with E-state index in [2.05, 4.69) is 32.9 Å². The lowest BCUT2D eigenvalue weighted by molar-refractivity contribution is -0.118. The van der Waals surface area contributed by atoms with Gasteiger partial charge < -0.3 is 11.1 Å². The highest BCUT2D eigenvalue weighted by Gasteiger charge is 2.17. The van der Waals surface area contributed by atoms with E-state index in [9.17, 15) is 4.79 Å². The predicted molar refractivity (Wildman–Crippen MR) is 68.4 cm³/mol. The maximum atomic E-state index is 11.6. The topological polar surface area (TPSA) is 68.0 Å². The summed E-state index contributed by atoms with van der Waals surface area (Å²) in [6, 6.07) is 3.14. The van der Waals surface area contributed by atoms with Crippen molar-refractivity contribution in [2.45, 2.75) is 19.9 Å². The second-order valence-corrected chi connectivity index (χ2v) is 4.87. The average Bonchev–Trinajstić information content (AvgIpc) is 2.20. The second-order valence-electron chi connectivity index (χ2n) is 3.62. The van der Waals surface area contributed by atoms with Gasteiger partial charge in [0, 0.05) is 9.77 Å². The highest BCUT2D eigenvalue weighted by atomic mass is 127. The normalized spacial score (nSPS) is 12.6. The Morgan fingerprint density at radius 3 is 2.67 bits per heavy atom. The summed E-state index contributed by atoms with van der Waals surface area (Å²) in [6.45, 7) is 3.82. The third kappa shape index (κ3) is 3.75. The van der Waals surface area contributed by atoms with Crippen LogP contribution in [-0.2, 0) is 4.79 Å². The molecule has 4 nitrogen and oxygen atoms in total. The van der Waals surface area contributed by atoms with E-state index >= 15 is 0 Å². The van der Waals surface area contributed by atoms with Crippen molar-refractivity contribution < 1.29 is 4.79 Å². The summed E-state index contributed by atoms with van der Waals surface area (Å²) in [5.41, 5.74) is 5.70. The van der Waals surface area contributed by atoms with Crippen molar-refractivity contribution in [3.05, 3.63) is 21.9 Å². The highest BCUT2D eigenvalue weighted by Crippen LogP contribution is 2.08. The molecule has 0 aliphatic heterocycles. The number of hydrogen-bond donors (Lipinski definition) is 2. The molecule has 15 heavy (non-hydrogen) atoms. The third-order valence-corrected chi connectivity index (χ3v) is 2.64. The lowest BCUT2D eigenvalue weighted by Gasteiger charge is -2.14. The third-order valence-electron chi connectivity index (χ3n) is 2.00. The molecule has 1 aromatic heterocycles. The van der Waals surface area contributed by atoms with Gasteiger partial charge in [-0.1, -0.05) is 13.8 Å². The summed E-state index contributed by atoms with van der Waals surface area (Å²) < 4.78 is 1.03. The minimum Gasteiger partial charge on any atom is -0.320 e. The molecule has 1 atom stereocenters. The van der Waals surface area contributed by atoms with Crippen LogP contribution in [0.25, 0.3) is 0 Å². The van der Waals surface area contributed by atoms with Crippen LogP contribution in [0.5, 0.6) is 0 Å². The first kappa shape index (κ1) is 12.4. The minimum atomic E-state index is -0.494. The van der Waals surface area contributed by atoms with Crippen LogP contribution in [0.1, 0.15) is 13.8 Å². The van der Waals surface area contributed by atoms with Crippen LogP contribution in [0.15, 0.2) is 18.3 Å². The van der Waals surface area contributed by atoms with Gasteiger partial charge in [-0.3, -0.25) is 4.79 Å². The summed E-state index contributed by atoms with van der Waals surface area (Å²) in [7, 11) is 0. The van der Waals surface area contributed by atoms with E-state index in [1.54, 1.807) is 12.3 Å². The lowest BCUT2D eigenvalue weighted by atomic mass is 10.1. The SMILES string of the molecule is CC(C)C(N)C(=O)Nc1ccc(I)cn1. The Morgan fingerprint density at radius 2 is 2.20 bits per heavy atom. The van der Waals surface area contributed by atoms with E-state index < -0.39 is 6.04 Å². The van der Waals surface area contributed by atoms with Gasteiger partial charge in [-0.25, -0.2) is 4.98 Å². The molecule has 3 N–H and O–H groups in total. The number of carbonyl (C=O) groups excluding carboxylic acids is 1. The van der Waals surface area contributed by atoms with Crippen LogP contribution in [0.3, 0.4) is 0 Å². The molecule has 0 bridgehead atoms. The van der Waals surface area contributed by atoms with Crippen molar-refractivity contribution >= 4 is 34.3 Å². The van der Waals surface area contributed by atoms with E-state index in [0.29, 0.717) is 5.82 Å². The van der Waals surface area contributed by atoms with E-state index in [1.807, 2.05) is 19.9 Å². The second kappa shape index (κ2) is 5.41. The maximum Gasteiger partial charge on any atom is 0.242 e. The quantitative estimate of drug-likeness (QED) is 0.832. The Balaban J connectivity index is 2.62. The van der Waals surface area contributed by atoms with E-state index in [1.165, 1.54) is 0 Å². The molecule has 1 aromatic rings. The number of halogens is 1. The van der Waals surface area contributed by atoms with Gasteiger partial charge in [0.1, 0.15) is 5.82 Å². The van der Waals surface area contributed by atoms with Gasteiger partial charge in [0.05, 0.1) is 6.04 Å². The Hall–Kier alpha value is -0.690. The maximum absolute atomic E-state index is 11.6. The van der Waals surface area contributed by atoms with Crippen molar-refractivity contribution in [1.82, 2.24) is 4.98 Å². The fourth-order valence-electron chi connectivity index (χ4n) is 0.962. The first-order valence-corrected chi connectivity index (χ1v) is 5.76. The Morgan fingerprint density at radius 1 is 1.53 bits per heavy atom. The number of carbonyl (C=O) groups is 1. The van der Waals surface area contributed by atoms with Gasteiger partial charge in [0.2, 0.25) is 5.91 Å². The molecule has 1 unspecified atom stereocenters. The molecule has 1 rings (SSSR count). The molecular formula is C10H14IN3O. The first-order chi connectivity index (χ1) is 7.00. The molecule has 1 amide bonds.